The molecule has 11 nitrogen and oxygen atoms in total. The highest BCUT2D eigenvalue weighted by molar-refractivity contribution is 7.18. The molecule has 0 bridgehead atoms. The fourth-order valence-corrected chi connectivity index (χ4v) is 5.29. The molecular formula is C22H30F3N5O6S. The average molecular weight is 550 g/mol. The van der Waals surface area contributed by atoms with Crippen LogP contribution in [0.15, 0.2) is 9.59 Å². The standard InChI is InChI=1S/C22H30F3N5O6S/c1-11-14(10-29(18(26)32)27-19(33)36-21(2,3)4)37-17-15(11)16(31)30(12-8-13(9-12)35-5)20(34)28(17)7-6-22(23,24)25/h12-13H,6-10H2,1-5H3,(H2,26,32)(H,27,33). The van der Waals surface area contributed by atoms with Gasteiger partial charge in [-0.25, -0.2) is 24.8 Å². The van der Waals surface area contributed by atoms with Gasteiger partial charge in [-0.15, -0.1) is 11.3 Å². The van der Waals surface area contributed by atoms with E-state index in [9.17, 15) is 32.3 Å². The number of fused-ring (bicyclic) bond motifs is 1. The number of alkyl halides is 3. The van der Waals surface area contributed by atoms with Gasteiger partial charge in [-0.3, -0.25) is 13.9 Å². The maximum atomic E-state index is 13.4. The van der Waals surface area contributed by atoms with Crippen molar-refractivity contribution in [1.29, 1.82) is 0 Å². The number of hydrazine groups is 1. The highest BCUT2D eigenvalue weighted by Gasteiger charge is 2.35. The highest BCUT2D eigenvalue weighted by atomic mass is 32.1. The number of urea groups is 1. The first-order valence-electron chi connectivity index (χ1n) is 11.5. The number of nitrogens with two attached hydrogens (primary N) is 1. The largest absolute Gasteiger partial charge is 0.443 e. The summed E-state index contributed by atoms with van der Waals surface area (Å²) < 4.78 is 51.5. The number of nitrogens with zero attached hydrogens (tertiary/aromatic N) is 3. The Morgan fingerprint density at radius 2 is 1.84 bits per heavy atom. The second kappa shape index (κ2) is 10.4. The van der Waals surface area contributed by atoms with Crippen molar-refractivity contribution in [2.45, 2.75) is 84.0 Å². The molecule has 2 aromatic heterocycles. The zero-order valence-electron chi connectivity index (χ0n) is 21.1. The van der Waals surface area contributed by atoms with Gasteiger partial charge in [0.05, 0.1) is 24.5 Å². The van der Waals surface area contributed by atoms with Crippen LogP contribution in [0.5, 0.6) is 0 Å². The van der Waals surface area contributed by atoms with Crippen LogP contribution in [0.1, 0.15) is 56.5 Å². The van der Waals surface area contributed by atoms with E-state index in [4.69, 9.17) is 15.2 Å². The highest BCUT2D eigenvalue weighted by Crippen LogP contribution is 2.34. The molecule has 0 aliphatic heterocycles. The third-order valence-electron chi connectivity index (χ3n) is 5.92. The second-order valence-electron chi connectivity index (χ2n) is 9.83. The van der Waals surface area contributed by atoms with Gasteiger partial charge in [-0.1, -0.05) is 0 Å². The average Bonchev–Trinajstić information content (AvgIpc) is 3.02. The molecule has 1 aliphatic rings. The van der Waals surface area contributed by atoms with E-state index in [1.165, 1.54) is 7.11 Å². The zero-order chi connectivity index (χ0) is 27.9. The zero-order valence-corrected chi connectivity index (χ0v) is 21.9. The van der Waals surface area contributed by atoms with Crippen molar-refractivity contribution in [3.05, 3.63) is 31.3 Å². The Kier molecular flexibility index (Phi) is 7.98. The Bertz CT molecular complexity index is 1300. The van der Waals surface area contributed by atoms with Gasteiger partial charge in [-0.05, 0) is 46.1 Å². The van der Waals surface area contributed by atoms with E-state index in [0.717, 1.165) is 25.5 Å². The molecule has 0 unspecified atom stereocenters. The number of methoxy groups -OCH3 is 1. The number of amides is 3. The van der Waals surface area contributed by atoms with Crippen LogP contribution < -0.4 is 22.4 Å². The Hall–Kier alpha value is -3.07. The fraction of sp³-hybridized carbons (Fsp3) is 0.636. The van der Waals surface area contributed by atoms with Crippen molar-refractivity contribution in [3.8, 4) is 0 Å². The van der Waals surface area contributed by atoms with Crippen molar-refractivity contribution in [2.24, 2.45) is 5.73 Å². The number of carbonyl (C=O) groups excluding carboxylic acids is 2. The molecule has 3 rings (SSSR count). The first kappa shape index (κ1) is 28.5. The van der Waals surface area contributed by atoms with Gasteiger partial charge < -0.3 is 15.2 Å². The molecule has 3 amide bonds. The molecule has 1 saturated carbocycles. The summed E-state index contributed by atoms with van der Waals surface area (Å²) in [4.78, 5) is 51.2. The van der Waals surface area contributed by atoms with E-state index in [1.54, 1.807) is 27.7 Å². The second-order valence-corrected chi connectivity index (χ2v) is 10.9. The lowest BCUT2D eigenvalue weighted by molar-refractivity contribution is -0.136. The summed E-state index contributed by atoms with van der Waals surface area (Å²) in [6.07, 6.45) is -6.15. The minimum Gasteiger partial charge on any atom is -0.443 e. The number of primary amides is 1. The quantitative estimate of drug-likeness (QED) is 0.531. The lowest BCUT2D eigenvalue weighted by atomic mass is 9.89. The molecule has 206 valence electrons. The lowest BCUT2D eigenvalue weighted by Crippen LogP contribution is -2.49. The van der Waals surface area contributed by atoms with Crippen LogP contribution in [0.2, 0.25) is 0 Å². The number of halogens is 3. The third kappa shape index (κ3) is 6.44. The molecule has 0 atom stereocenters. The third-order valence-corrected chi connectivity index (χ3v) is 7.22. The van der Waals surface area contributed by atoms with Crippen molar-refractivity contribution in [2.75, 3.05) is 7.11 Å². The minimum absolute atomic E-state index is 0.0484. The number of hydrogen-bond acceptors (Lipinski definition) is 7. The van der Waals surface area contributed by atoms with Crippen LogP contribution in [0, 0.1) is 6.92 Å². The predicted molar refractivity (Wildman–Crippen MR) is 129 cm³/mol. The summed E-state index contributed by atoms with van der Waals surface area (Å²) in [5.41, 5.74) is 5.66. The predicted octanol–water partition coefficient (Wildman–Crippen LogP) is 3.16. The summed E-state index contributed by atoms with van der Waals surface area (Å²) in [5, 5.41) is 0.835. The smallest absolute Gasteiger partial charge is 0.426 e. The van der Waals surface area contributed by atoms with E-state index in [2.05, 4.69) is 5.43 Å². The molecule has 0 spiro atoms. The van der Waals surface area contributed by atoms with E-state index in [0.29, 0.717) is 23.3 Å². The molecule has 1 fully saturated rings. The maximum Gasteiger partial charge on any atom is 0.426 e. The number of thiophene rings is 1. The van der Waals surface area contributed by atoms with Gasteiger partial charge >= 0.3 is 24.0 Å². The van der Waals surface area contributed by atoms with E-state index < -0.39 is 54.2 Å². The molecule has 0 radical (unpaired) electrons. The van der Waals surface area contributed by atoms with Gasteiger partial charge in [-0.2, -0.15) is 13.2 Å². The summed E-state index contributed by atoms with van der Waals surface area (Å²) >= 11 is 0.883. The Morgan fingerprint density at radius 1 is 1.22 bits per heavy atom. The van der Waals surface area contributed by atoms with Gasteiger partial charge in [0.1, 0.15) is 10.4 Å². The lowest BCUT2D eigenvalue weighted by Gasteiger charge is -2.35. The number of nitrogens with one attached hydrogen (secondary N) is 1. The van der Waals surface area contributed by atoms with Gasteiger partial charge in [0.2, 0.25) is 0 Å². The number of aromatic nitrogens is 2. The molecule has 1 aliphatic carbocycles. The number of aryl methyl sites for hydroxylation is 2. The first-order chi connectivity index (χ1) is 17.0. The molecule has 2 aromatic rings. The van der Waals surface area contributed by atoms with Crippen LogP contribution in [0.25, 0.3) is 10.2 Å². The van der Waals surface area contributed by atoms with Crippen molar-refractivity contribution < 1.29 is 32.2 Å². The first-order valence-corrected chi connectivity index (χ1v) is 12.3. The van der Waals surface area contributed by atoms with Gasteiger partial charge in [0.25, 0.3) is 5.56 Å². The number of rotatable bonds is 6. The van der Waals surface area contributed by atoms with Crippen molar-refractivity contribution in [3.63, 3.8) is 0 Å². The van der Waals surface area contributed by atoms with Crippen LogP contribution in [0.4, 0.5) is 22.8 Å². The maximum absolute atomic E-state index is 13.4. The molecule has 15 heteroatoms. The summed E-state index contributed by atoms with van der Waals surface area (Å²) in [7, 11) is 1.50. The van der Waals surface area contributed by atoms with Crippen LogP contribution in [0.3, 0.4) is 0 Å². The van der Waals surface area contributed by atoms with Crippen LogP contribution >= 0.6 is 11.3 Å². The van der Waals surface area contributed by atoms with Crippen molar-refractivity contribution in [1.82, 2.24) is 19.6 Å². The summed E-state index contributed by atoms with van der Waals surface area (Å²) in [6, 6.07) is -1.54. The molecule has 2 heterocycles. The monoisotopic (exact) mass is 549 g/mol. The van der Waals surface area contributed by atoms with Gasteiger partial charge in [0, 0.05) is 24.6 Å². The molecule has 0 saturated heterocycles. The molecule has 37 heavy (non-hydrogen) atoms. The van der Waals surface area contributed by atoms with Gasteiger partial charge in [0.15, 0.2) is 0 Å². The number of ether oxygens (including phenoxy) is 2. The number of hydrogen-bond donors (Lipinski definition) is 2. The fourth-order valence-electron chi connectivity index (χ4n) is 3.99. The summed E-state index contributed by atoms with van der Waals surface area (Å²) in [5.74, 6) is 0. The van der Waals surface area contributed by atoms with Crippen LogP contribution in [-0.4, -0.2) is 51.3 Å². The van der Waals surface area contributed by atoms with Crippen LogP contribution in [-0.2, 0) is 22.6 Å². The normalized spacial score (nSPS) is 17.9. The summed E-state index contributed by atoms with van der Waals surface area (Å²) in [6.45, 7) is 5.44. The molecule has 0 aromatic carbocycles. The Morgan fingerprint density at radius 3 is 2.35 bits per heavy atom. The minimum atomic E-state index is -4.53. The Balaban J connectivity index is 2.07. The SMILES string of the molecule is COC1CC(n2c(=O)c3c(C)c(CN(NC(=O)OC(C)(C)C)C(N)=O)sc3n(CCC(F)(F)F)c2=O)C1. The topological polar surface area (TPSA) is 138 Å². The molecule has 3 N–H and O–H groups in total. The van der Waals surface area contributed by atoms with Crippen molar-refractivity contribution >= 4 is 33.7 Å². The van der Waals surface area contributed by atoms with E-state index >= 15 is 0 Å². The Labute approximate surface area is 213 Å². The van der Waals surface area contributed by atoms with E-state index in [1.807, 2.05) is 0 Å². The number of carbonyl (C=O) groups is 2. The molecular weight excluding hydrogens is 519 g/mol. The van der Waals surface area contributed by atoms with E-state index in [-0.39, 0.29) is 22.9 Å².